The number of thiol groups is 1. The number of benzene rings is 1. The van der Waals surface area contributed by atoms with Crippen molar-refractivity contribution in [3.05, 3.63) is 35.9 Å². The lowest BCUT2D eigenvalue weighted by atomic mass is 9.93. The van der Waals surface area contributed by atoms with Gasteiger partial charge < -0.3 is 9.84 Å². The predicted molar refractivity (Wildman–Crippen MR) is 58.7 cm³/mol. The standard InChI is InChI=1S/C11H12O3S/c12-9(8-4-2-1-3-5-8)11(15)6-7-14-10(11)13/h1-5,9,12,15H,6-7H2. The second-order valence-corrected chi connectivity index (χ2v) is 4.42. The van der Waals surface area contributed by atoms with E-state index in [0.29, 0.717) is 18.6 Å². The van der Waals surface area contributed by atoms with E-state index in [1.807, 2.05) is 18.2 Å². The Morgan fingerprint density at radius 3 is 2.60 bits per heavy atom. The van der Waals surface area contributed by atoms with Crippen LogP contribution in [-0.2, 0) is 9.53 Å². The lowest BCUT2D eigenvalue weighted by Crippen LogP contribution is -2.35. The highest BCUT2D eigenvalue weighted by Gasteiger charge is 2.47. The first kappa shape index (κ1) is 10.5. The van der Waals surface area contributed by atoms with E-state index in [4.69, 9.17) is 4.74 Å². The number of esters is 1. The lowest BCUT2D eigenvalue weighted by molar-refractivity contribution is -0.142. The topological polar surface area (TPSA) is 46.5 Å². The van der Waals surface area contributed by atoms with Gasteiger partial charge in [-0.2, -0.15) is 12.6 Å². The van der Waals surface area contributed by atoms with Crippen LogP contribution >= 0.6 is 12.6 Å². The van der Waals surface area contributed by atoms with Crippen LogP contribution in [0.5, 0.6) is 0 Å². The number of hydrogen-bond donors (Lipinski definition) is 2. The van der Waals surface area contributed by atoms with E-state index in [9.17, 15) is 9.90 Å². The normalized spacial score (nSPS) is 27.5. The average Bonchev–Trinajstić information content (AvgIpc) is 2.61. The van der Waals surface area contributed by atoms with E-state index in [2.05, 4.69) is 12.6 Å². The quantitative estimate of drug-likeness (QED) is 0.588. The van der Waals surface area contributed by atoms with Gasteiger partial charge in [-0.3, -0.25) is 4.79 Å². The van der Waals surface area contributed by atoms with Crippen molar-refractivity contribution in [2.24, 2.45) is 0 Å². The summed E-state index contributed by atoms with van der Waals surface area (Å²) in [7, 11) is 0. The molecule has 0 spiro atoms. The van der Waals surface area contributed by atoms with Crippen molar-refractivity contribution in [2.45, 2.75) is 17.3 Å². The maximum absolute atomic E-state index is 11.5. The Morgan fingerprint density at radius 2 is 2.07 bits per heavy atom. The number of cyclic esters (lactones) is 1. The third-order valence-electron chi connectivity index (χ3n) is 2.64. The largest absolute Gasteiger partial charge is 0.465 e. The molecule has 4 heteroatoms. The predicted octanol–water partition coefficient (Wildman–Crippen LogP) is 1.34. The maximum Gasteiger partial charge on any atom is 0.325 e. The minimum Gasteiger partial charge on any atom is -0.465 e. The maximum atomic E-state index is 11.5. The van der Waals surface area contributed by atoms with Gasteiger partial charge in [-0.15, -0.1) is 0 Å². The van der Waals surface area contributed by atoms with Crippen LogP contribution in [-0.4, -0.2) is 22.4 Å². The van der Waals surface area contributed by atoms with Gasteiger partial charge in [0.2, 0.25) is 0 Å². The van der Waals surface area contributed by atoms with Gasteiger partial charge in [-0.25, -0.2) is 0 Å². The molecule has 0 aromatic heterocycles. The van der Waals surface area contributed by atoms with Gasteiger partial charge in [-0.1, -0.05) is 30.3 Å². The lowest BCUT2D eigenvalue weighted by Gasteiger charge is -2.24. The van der Waals surface area contributed by atoms with Crippen LogP contribution in [0.1, 0.15) is 18.1 Å². The molecule has 0 radical (unpaired) electrons. The van der Waals surface area contributed by atoms with Crippen LogP contribution in [0.15, 0.2) is 30.3 Å². The summed E-state index contributed by atoms with van der Waals surface area (Å²) < 4.78 is 3.74. The molecule has 0 saturated carbocycles. The minimum atomic E-state index is -1.10. The Morgan fingerprint density at radius 1 is 1.40 bits per heavy atom. The summed E-state index contributed by atoms with van der Waals surface area (Å²) >= 11 is 4.26. The molecular weight excluding hydrogens is 212 g/mol. The third-order valence-corrected chi connectivity index (χ3v) is 3.29. The number of aliphatic hydroxyl groups excluding tert-OH is 1. The Balaban J connectivity index is 2.28. The molecule has 1 aliphatic rings. The molecule has 2 atom stereocenters. The average molecular weight is 224 g/mol. The van der Waals surface area contributed by atoms with Crippen molar-refractivity contribution >= 4 is 18.6 Å². The van der Waals surface area contributed by atoms with Gasteiger partial charge in [0, 0.05) is 6.42 Å². The zero-order valence-electron chi connectivity index (χ0n) is 8.09. The smallest absolute Gasteiger partial charge is 0.325 e. The molecule has 1 aromatic rings. The summed E-state index contributed by atoms with van der Waals surface area (Å²) in [5.41, 5.74) is 0.686. The number of carbonyl (C=O) groups is 1. The Hall–Kier alpha value is -1.00. The molecule has 1 N–H and O–H groups in total. The first-order valence-corrected chi connectivity index (χ1v) is 5.22. The van der Waals surface area contributed by atoms with Gasteiger partial charge >= 0.3 is 5.97 Å². The highest BCUT2D eigenvalue weighted by molar-refractivity contribution is 7.82. The SMILES string of the molecule is O=C1OCCC1(S)C(O)c1ccccc1. The van der Waals surface area contributed by atoms with Crippen LogP contribution < -0.4 is 0 Å². The van der Waals surface area contributed by atoms with Gasteiger partial charge in [0.05, 0.1) is 6.61 Å². The Labute approximate surface area is 93.5 Å². The molecule has 2 rings (SSSR count). The molecule has 1 fully saturated rings. The van der Waals surface area contributed by atoms with E-state index in [1.54, 1.807) is 12.1 Å². The summed E-state index contributed by atoms with van der Waals surface area (Å²) in [6.07, 6.45) is -0.484. The fourth-order valence-electron chi connectivity index (χ4n) is 1.69. The van der Waals surface area contributed by atoms with Crippen LogP contribution in [0.2, 0.25) is 0 Å². The summed E-state index contributed by atoms with van der Waals surface area (Å²) in [5, 5.41) is 10.1. The molecule has 0 bridgehead atoms. The van der Waals surface area contributed by atoms with Crippen molar-refractivity contribution in [2.75, 3.05) is 6.61 Å². The Kier molecular flexibility index (Phi) is 2.71. The first-order chi connectivity index (χ1) is 7.14. The highest BCUT2D eigenvalue weighted by atomic mass is 32.1. The van der Waals surface area contributed by atoms with E-state index in [-0.39, 0.29) is 0 Å². The summed E-state index contributed by atoms with van der Waals surface area (Å²) in [5.74, 6) is -0.442. The van der Waals surface area contributed by atoms with E-state index in [1.165, 1.54) is 0 Å². The zero-order valence-corrected chi connectivity index (χ0v) is 8.98. The molecule has 0 aliphatic carbocycles. The van der Waals surface area contributed by atoms with Crippen molar-refractivity contribution in [1.82, 2.24) is 0 Å². The first-order valence-electron chi connectivity index (χ1n) is 4.77. The number of hydrogen-bond acceptors (Lipinski definition) is 4. The molecule has 80 valence electrons. The van der Waals surface area contributed by atoms with Crippen molar-refractivity contribution < 1.29 is 14.6 Å². The molecule has 1 heterocycles. The molecular formula is C11H12O3S. The number of carbonyl (C=O) groups excluding carboxylic acids is 1. The Bertz CT molecular complexity index is 365. The third kappa shape index (κ3) is 1.75. The van der Waals surface area contributed by atoms with Crippen molar-refractivity contribution in [3.8, 4) is 0 Å². The van der Waals surface area contributed by atoms with E-state index in [0.717, 1.165) is 0 Å². The van der Waals surface area contributed by atoms with Crippen molar-refractivity contribution in [1.29, 1.82) is 0 Å². The molecule has 2 unspecified atom stereocenters. The van der Waals surface area contributed by atoms with E-state index < -0.39 is 16.8 Å². The molecule has 1 aliphatic heterocycles. The second-order valence-electron chi connectivity index (χ2n) is 3.62. The number of rotatable bonds is 2. The fraction of sp³-hybridized carbons (Fsp3) is 0.364. The van der Waals surface area contributed by atoms with Gasteiger partial charge in [0.1, 0.15) is 10.9 Å². The van der Waals surface area contributed by atoms with Crippen LogP contribution in [0.25, 0.3) is 0 Å². The summed E-state index contributed by atoms with van der Waals surface area (Å²) in [6, 6.07) is 9.03. The van der Waals surface area contributed by atoms with Crippen LogP contribution in [0.4, 0.5) is 0 Å². The molecule has 1 saturated heterocycles. The monoisotopic (exact) mass is 224 g/mol. The van der Waals surface area contributed by atoms with Gasteiger partial charge in [0.25, 0.3) is 0 Å². The number of aliphatic hydroxyl groups is 1. The number of ether oxygens (including phenoxy) is 1. The summed E-state index contributed by atoms with van der Waals surface area (Å²) in [4.78, 5) is 11.5. The molecule has 1 aromatic carbocycles. The minimum absolute atomic E-state index is 0.326. The highest BCUT2D eigenvalue weighted by Crippen LogP contribution is 2.39. The van der Waals surface area contributed by atoms with Crippen molar-refractivity contribution in [3.63, 3.8) is 0 Å². The van der Waals surface area contributed by atoms with Gasteiger partial charge in [0.15, 0.2) is 0 Å². The van der Waals surface area contributed by atoms with E-state index >= 15 is 0 Å². The second kappa shape index (κ2) is 3.87. The van der Waals surface area contributed by atoms with Gasteiger partial charge in [-0.05, 0) is 5.56 Å². The zero-order chi connectivity index (χ0) is 10.9. The fourth-order valence-corrected chi connectivity index (χ4v) is 1.99. The summed E-state index contributed by atoms with van der Waals surface area (Å²) in [6.45, 7) is 0.326. The molecule has 0 amide bonds. The van der Waals surface area contributed by atoms with Crippen LogP contribution in [0.3, 0.4) is 0 Å². The molecule has 15 heavy (non-hydrogen) atoms. The van der Waals surface area contributed by atoms with Crippen LogP contribution in [0, 0.1) is 0 Å². The molecule has 3 nitrogen and oxygen atoms in total.